The van der Waals surface area contributed by atoms with E-state index in [4.69, 9.17) is 9.78 Å². The van der Waals surface area contributed by atoms with Crippen molar-refractivity contribution >= 4 is 17.5 Å². The first-order valence-electron chi connectivity index (χ1n) is 11.3. The highest BCUT2D eigenvalue weighted by molar-refractivity contribution is 6.10. The van der Waals surface area contributed by atoms with E-state index >= 15 is 0 Å². The second-order valence-electron chi connectivity index (χ2n) is 9.16. The van der Waals surface area contributed by atoms with E-state index in [2.05, 4.69) is 10.1 Å². The van der Waals surface area contributed by atoms with E-state index < -0.39 is 41.5 Å². The van der Waals surface area contributed by atoms with Gasteiger partial charge in [0, 0.05) is 12.5 Å². The number of rotatable bonds is 4. The number of amides is 2. The molecule has 8 nitrogen and oxygen atoms in total. The van der Waals surface area contributed by atoms with Crippen LogP contribution >= 0.6 is 0 Å². The van der Waals surface area contributed by atoms with Crippen LogP contribution in [-0.4, -0.2) is 38.9 Å². The van der Waals surface area contributed by atoms with E-state index in [-0.39, 0.29) is 36.6 Å². The molecule has 0 bridgehead atoms. The zero-order chi connectivity index (χ0) is 26.5. The van der Waals surface area contributed by atoms with Crippen LogP contribution in [0.25, 0.3) is 0 Å². The number of carbonyl (C=O) groups is 2. The topological polar surface area (TPSA) is 103 Å². The zero-order valence-corrected chi connectivity index (χ0v) is 19.4. The Kier molecular flexibility index (Phi) is 5.73. The fraction of sp³-hybridized carbons (Fsp3) is 0.320. The fourth-order valence-electron chi connectivity index (χ4n) is 4.91. The standard InChI is InChI=1S/C25H19F4N5O3/c1-14-31-22(37-32-14)17-9-24(10-17)23(36)33(20-7-4-16(11-30)8-19(20)26)13-21(35)34(24)12-15-2-5-18(6-3-15)25(27,28)29/h2-8,17H,9-10,12-13H2,1H3/t17-,24+. The lowest BCUT2D eigenvalue weighted by Crippen LogP contribution is -2.72. The normalized spacial score (nSPS) is 21.8. The summed E-state index contributed by atoms with van der Waals surface area (Å²) in [5, 5.41) is 12.8. The molecule has 2 fully saturated rings. The molecule has 1 saturated carbocycles. The van der Waals surface area contributed by atoms with Crippen molar-refractivity contribution in [1.82, 2.24) is 15.0 Å². The van der Waals surface area contributed by atoms with E-state index in [1.165, 1.54) is 29.2 Å². The summed E-state index contributed by atoms with van der Waals surface area (Å²) in [6.07, 6.45) is -4.27. The quantitative estimate of drug-likeness (QED) is 0.487. The first-order valence-corrected chi connectivity index (χ1v) is 11.3. The van der Waals surface area contributed by atoms with Crippen LogP contribution in [0.3, 0.4) is 0 Å². The molecule has 3 aromatic rings. The molecule has 1 aliphatic heterocycles. The number of carbonyl (C=O) groups excluding carboxylic acids is 2. The van der Waals surface area contributed by atoms with Gasteiger partial charge in [0.2, 0.25) is 11.8 Å². The van der Waals surface area contributed by atoms with Crippen LogP contribution in [0.2, 0.25) is 0 Å². The summed E-state index contributed by atoms with van der Waals surface area (Å²) in [7, 11) is 0. The smallest absolute Gasteiger partial charge is 0.339 e. The maximum Gasteiger partial charge on any atom is 0.416 e. The molecule has 12 heteroatoms. The first kappa shape index (κ1) is 24.4. The zero-order valence-electron chi connectivity index (χ0n) is 19.4. The second-order valence-corrected chi connectivity index (χ2v) is 9.16. The highest BCUT2D eigenvalue weighted by atomic mass is 19.4. The van der Waals surface area contributed by atoms with Gasteiger partial charge in [-0.15, -0.1) is 0 Å². The highest BCUT2D eigenvalue weighted by Crippen LogP contribution is 2.51. The molecule has 1 saturated heterocycles. The Labute approximate surface area is 208 Å². The van der Waals surface area contributed by atoms with E-state index in [1.807, 2.05) is 6.07 Å². The Morgan fingerprint density at radius 3 is 2.43 bits per heavy atom. The Bertz CT molecular complexity index is 1420. The number of benzene rings is 2. The van der Waals surface area contributed by atoms with Gasteiger partial charge in [0.1, 0.15) is 17.9 Å². The van der Waals surface area contributed by atoms with Gasteiger partial charge in [0.05, 0.1) is 22.9 Å². The van der Waals surface area contributed by atoms with Gasteiger partial charge in [0.15, 0.2) is 5.82 Å². The van der Waals surface area contributed by atoms with Gasteiger partial charge < -0.3 is 9.42 Å². The summed E-state index contributed by atoms with van der Waals surface area (Å²) < 4.78 is 59.0. The van der Waals surface area contributed by atoms with Gasteiger partial charge in [-0.3, -0.25) is 14.5 Å². The molecule has 1 aliphatic carbocycles. The third-order valence-electron chi connectivity index (χ3n) is 6.80. The van der Waals surface area contributed by atoms with Crippen molar-refractivity contribution < 1.29 is 31.7 Å². The van der Waals surface area contributed by atoms with Crippen LogP contribution in [0.15, 0.2) is 47.0 Å². The van der Waals surface area contributed by atoms with E-state index in [1.54, 1.807) is 6.92 Å². The van der Waals surface area contributed by atoms with E-state index in [0.717, 1.165) is 23.1 Å². The molecule has 0 unspecified atom stereocenters. The molecule has 1 spiro atoms. The van der Waals surface area contributed by atoms with Gasteiger partial charge in [-0.2, -0.15) is 23.4 Å². The van der Waals surface area contributed by atoms with Crippen LogP contribution in [0.5, 0.6) is 0 Å². The molecular formula is C25H19F4N5O3. The van der Waals surface area contributed by atoms with Gasteiger partial charge in [0.25, 0.3) is 5.91 Å². The van der Waals surface area contributed by atoms with Crippen LogP contribution in [0.4, 0.5) is 23.2 Å². The van der Waals surface area contributed by atoms with Crippen molar-refractivity contribution in [2.24, 2.45) is 0 Å². The molecule has 37 heavy (non-hydrogen) atoms. The van der Waals surface area contributed by atoms with Crippen LogP contribution < -0.4 is 4.90 Å². The average Bonchev–Trinajstić information content (AvgIpc) is 3.26. The molecule has 2 heterocycles. The van der Waals surface area contributed by atoms with Crippen molar-refractivity contribution in [1.29, 1.82) is 5.26 Å². The molecule has 0 radical (unpaired) electrons. The van der Waals surface area contributed by atoms with Gasteiger partial charge in [-0.25, -0.2) is 4.39 Å². The third kappa shape index (κ3) is 4.20. The van der Waals surface area contributed by atoms with Crippen LogP contribution in [-0.2, 0) is 22.3 Å². The molecular weight excluding hydrogens is 494 g/mol. The van der Waals surface area contributed by atoms with Crippen molar-refractivity contribution in [3.63, 3.8) is 0 Å². The minimum atomic E-state index is -4.51. The Morgan fingerprint density at radius 2 is 1.86 bits per heavy atom. The predicted octanol–water partition coefficient (Wildman–Crippen LogP) is 4.10. The average molecular weight is 513 g/mol. The summed E-state index contributed by atoms with van der Waals surface area (Å²) in [5.41, 5.74) is -1.88. The Balaban J connectivity index is 1.48. The number of aryl methyl sites for hydroxylation is 1. The number of hydrogen-bond donors (Lipinski definition) is 0. The van der Waals surface area contributed by atoms with Gasteiger partial charge in [-0.05, 0) is 55.7 Å². The molecule has 2 amide bonds. The molecule has 0 N–H and O–H groups in total. The minimum absolute atomic E-state index is 0.0613. The maximum atomic E-state index is 14.8. The number of anilines is 1. The molecule has 5 rings (SSSR count). The number of piperazine rings is 1. The largest absolute Gasteiger partial charge is 0.416 e. The highest BCUT2D eigenvalue weighted by Gasteiger charge is 2.61. The summed E-state index contributed by atoms with van der Waals surface area (Å²) >= 11 is 0. The van der Waals surface area contributed by atoms with E-state index in [9.17, 15) is 27.2 Å². The maximum absolute atomic E-state index is 14.8. The summed E-state index contributed by atoms with van der Waals surface area (Å²) in [6.45, 7) is 1.07. The molecule has 190 valence electrons. The summed E-state index contributed by atoms with van der Waals surface area (Å²) in [5.74, 6) is -1.48. The first-order chi connectivity index (χ1) is 17.5. The van der Waals surface area contributed by atoms with Crippen molar-refractivity contribution in [3.8, 4) is 6.07 Å². The number of aromatic nitrogens is 2. The number of halogens is 4. The fourth-order valence-corrected chi connectivity index (χ4v) is 4.91. The van der Waals surface area contributed by atoms with Crippen molar-refractivity contribution in [2.45, 2.75) is 43.9 Å². The van der Waals surface area contributed by atoms with Gasteiger partial charge in [-0.1, -0.05) is 17.3 Å². The summed E-state index contributed by atoms with van der Waals surface area (Å²) in [6, 6.07) is 9.79. The van der Waals surface area contributed by atoms with Gasteiger partial charge >= 0.3 is 6.18 Å². The number of nitrogens with zero attached hydrogens (tertiary/aromatic N) is 5. The van der Waals surface area contributed by atoms with E-state index in [0.29, 0.717) is 17.3 Å². The lowest BCUT2D eigenvalue weighted by molar-refractivity contribution is -0.160. The minimum Gasteiger partial charge on any atom is -0.339 e. The van der Waals surface area contributed by atoms with Crippen LogP contribution in [0, 0.1) is 24.1 Å². The molecule has 1 aromatic heterocycles. The number of alkyl halides is 3. The van der Waals surface area contributed by atoms with Crippen LogP contribution in [0.1, 0.15) is 47.2 Å². The predicted molar refractivity (Wildman–Crippen MR) is 119 cm³/mol. The number of nitriles is 1. The van der Waals surface area contributed by atoms with Crippen molar-refractivity contribution in [2.75, 3.05) is 11.4 Å². The lowest BCUT2D eigenvalue weighted by atomic mass is 9.65. The second kappa shape index (κ2) is 8.69. The Hall–Kier alpha value is -4.27. The lowest BCUT2D eigenvalue weighted by Gasteiger charge is -2.56. The summed E-state index contributed by atoms with van der Waals surface area (Å²) in [4.78, 5) is 33.8. The third-order valence-corrected chi connectivity index (χ3v) is 6.80. The molecule has 2 aliphatic rings. The monoisotopic (exact) mass is 513 g/mol. The molecule has 0 atom stereocenters. The number of hydrogen-bond acceptors (Lipinski definition) is 6. The van der Waals surface area contributed by atoms with Crippen molar-refractivity contribution in [3.05, 3.63) is 76.7 Å². The Morgan fingerprint density at radius 1 is 1.16 bits per heavy atom. The molecule has 2 aromatic carbocycles. The SMILES string of the molecule is Cc1noc([C@H]2C[C@@]3(C2)C(=O)N(c2ccc(C#N)cc2F)CC(=O)N3Cc2ccc(C(F)(F)F)cc2)n1.